The number of benzene rings is 1. The second-order valence-electron chi connectivity index (χ2n) is 6.93. The van der Waals surface area contributed by atoms with Crippen molar-refractivity contribution >= 4 is 11.8 Å². The summed E-state index contributed by atoms with van der Waals surface area (Å²) in [4.78, 5) is 24.4. The van der Waals surface area contributed by atoms with Gasteiger partial charge in [0.15, 0.2) is 0 Å². The Balaban J connectivity index is 2.57. The Kier molecular flexibility index (Phi) is 5.69. The normalized spacial score (nSPS) is 11.9. The predicted octanol–water partition coefficient (Wildman–Crippen LogP) is 2.43. The highest BCUT2D eigenvalue weighted by Gasteiger charge is 2.37. The molecule has 0 bridgehead atoms. The molecule has 0 radical (unpaired) electrons. The molecule has 2 amide bonds. The molecule has 0 aliphatic heterocycles. The quantitative estimate of drug-likeness (QED) is 0.821. The number of nitrogens with one attached hydrogen (secondary N) is 2. The fraction of sp³-hybridized carbons (Fsp3) is 0.529. The molecule has 0 saturated carbocycles. The molecule has 122 valence electrons. The molecule has 0 aromatic heterocycles. The number of hydrogen-bond donors (Lipinski definition) is 2. The average molecular weight is 308 g/mol. The molecule has 0 atom stereocenters. The standard InChI is InChI=1S/C17H25FN2O2/c1-16(2,3)20-15(22)17(4,5)14(21)19-11-10-12-8-6-7-9-13(12)18/h6-9H,10-11H2,1-5H3,(H,19,21)(H,20,22). The number of halogens is 1. The predicted molar refractivity (Wildman–Crippen MR) is 84.8 cm³/mol. The maximum Gasteiger partial charge on any atom is 0.235 e. The first-order valence-electron chi connectivity index (χ1n) is 7.38. The summed E-state index contributed by atoms with van der Waals surface area (Å²) >= 11 is 0. The molecule has 22 heavy (non-hydrogen) atoms. The van der Waals surface area contributed by atoms with Gasteiger partial charge in [-0.1, -0.05) is 18.2 Å². The van der Waals surface area contributed by atoms with Crippen LogP contribution in [0, 0.1) is 11.2 Å². The number of hydrogen-bond acceptors (Lipinski definition) is 2. The lowest BCUT2D eigenvalue weighted by Crippen LogP contribution is -2.53. The van der Waals surface area contributed by atoms with Crippen LogP contribution in [0.25, 0.3) is 0 Å². The summed E-state index contributed by atoms with van der Waals surface area (Å²) in [5.74, 6) is -0.990. The Labute approximate surface area is 131 Å². The molecule has 0 fully saturated rings. The van der Waals surface area contributed by atoms with Crippen LogP contribution in [0.2, 0.25) is 0 Å². The molecule has 0 aliphatic rings. The summed E-state index contributed by atoms with van der Waals surface area (Å²) in [7, 11) is 0. The van der Waals surface area contributed by atoms with Gasteiger partial charge in [-0.15, -0.1) is 0 Å². The molecule has 0 saturated heterocycles. The number of carbonyl (C=O) groups is 2. The van der Waals surface area contributed by atoms with Gasteiger partial charge in [0.1, 0.15) is 11.2 Å². The highest BCUT2D eigenvalue weighted by atomic mass is 19.1. The van der Waals surface area contributed by atoms with Crippen LogP contribution >= 0.6 is 0 Å². The van der Waals surface area contributed by atoms with Gasteiger partial charge >= 0.3 is 0 Å². The molecule has 0 unspecified atom stereocenters. The van der Waals surface area contributed by atoms with E-state index in [9.17, 15) is 14.0 Å². The first-order chi connectivity index (χ1) is 10.0. The summed E-state index contributed by atoms with van der Waals surface area (Å²) in [6.07, 6.45) is 0.384. The first kappa shape index (κ1) is 18.1. The average Bonchev–Trinajstić information content (AvgIpc) is 2.38. The maximum absolute atomic E-state index is 13.5. The molecular weight excluding hydrogens is 283 g/mol. The van der Waals surface area contributed by atoms with Gasteiger partial charge in [0.05, 0.1) is 0 Å². The summed E-state index contributed by atoms with van der Waals surface area (Å²) in [5.41, 5.74) is -1.04. The molecule has 0 aliphatic carbocycles. The lowest BCUT2D eigenvalue weighted by Gasteiger charge is -2.28. The van der Waals surface area contributed by atoms with Gasteiger partial charge in [0.25, 0.3) is 0 Å². The van der Waals surface area contributed by atoms with Crippen LogP contribution in [-0.2, 0) is 16.0 Å². The van der Waals surface area contributed by atoms with Crippen molar-refractivity contribution in [2.45, 2.75) is 46.6 Å². The maximum atomic E-state index is 13.5. The van der Waals surface area contributed by atoms with Crippen LogP contribution < -0.4 is 10.6 Å². The monoisotopic (exact) mass is 308 g/mol. The summed E-state index contributed by atoms with van der Waals surface area (Å²) in [6.45, 7) is 9.01. The largest absolute Gasteiger partial charge is 0.355 e. The summed E-state index contributed by atoms with van der Waals surface area (Å²) in [6, 6.07) is 6.44. The van der Waals surface area contributed by atoms with E-state index in [2.05, 4.69) is 10.6 Å². The third kappa shape index (κ3) is 5.13. The Morgan fingerprint density at radius 2 is 1.64 bits per heavy atom. The van der Waals surface area contributed by atoms with Crippen molar-refractivity contribution in [2.75, 3.05) is 6.54 Å². The van der Waals surface area contributed by atoms with Gasteiger partial charge in [-0.2, -0.15) is 0 Å². The molecule has 1 rings (SSSR count). The van der Waals surface area contributed by atoms with E-state index < -0.39 is 11.0 Å². The van der Waals surface area contributed by atoms with Crippen molar-refractivity contribution < 1.29 is 14.0 Å². The van der Waals surface area contributed by atoms with Gasteiger partial charge in [-0.3, -0.25) is 9.59 Å². The van der Waals surface area contributed by atoms with Crippen LogP contribution in [0.5, 0.6) is 0 Å². The zero-order chi connectivity index (χ0) is 17.0. The third-order valence-electron chi connectivity index (χ3n) is 3.26. The number of amides is 2. The minimum Gasteiger partial charge on any atom is -0.355 e. The van der Waals surface area contributed by atoms with E-state index in [4.69, 9.17) is 0 Å². The fourth-order valence-corrected chi connectivity index (χ4v) is 1.83. The van der Waals surface area contributed by atoms with Crippen molar-refractivity contribution in [3.63, 3.8) is 0 Å². The number of rotatable bonds is 5. The third-order valence-corrected chi connectivity index (χ3v) is 3.26. The lowest BCUT2D eigenvalue weighted by atomic mass is 9.89. The van der Waals surface area contributed by atoms with E-state index in [1.807, 2.05) is 20.8 Å². The number of carbonyl (C=O) groups excluding carboxylic acids is 2. The van der Waals surface area contributed by atoms with E-state index >= 15 is 0 Å². The second kappa shape index (κ2) is 6.90. The van der Waals surface area contributed by atoms with E-state index in [0.717, 1.165) is 0 Å². The van der Waals surface area contributed by atoms with Crippen molar-refractivity contribution in [1.82, 2.24) is 10.6 Å². The summed E-state index contributed by atoms with van der Waals surface area (Å²) in [5, 5.41) is 5.50. The highest BCUT2D eigenvalue weighted by molar-refractivity contribution is 6.04. The van der Waals surface area contributed by atoms with Gasteiger partial charge in [-0.25, -0.2) is 4.39 Å². The minimum atomic E-state index is -1.18. The van der Waals surface area contributed by atoms with E-state index in [1.165, 1.54) is 6.07 Å². The molecule has 2 N–H and O–H groups in total. The van der Waals surface area contributed by atoms with Crippen molar-refractivity contribution in [2.24, 2.45) is 5.41 Å². The van der Waals surface area contributed by atoms with Crippen molar-refractivity contribution in [3.8, 4) is 0 Å². The smallest absolute Gasteiger partial charge is 0.235 e. The Morgan fingerprint density at radius 1 is 1.05 bits per heavy atom. The minimum absolute atomic E-state index is 0.284. The van der Waals surface area contributed by atoms with Gasteiger partial charge in [0, 0.05) is 12.1 Å². The zero-order valence-corrected chi connectivity index (χ0v) is 13.9. The molecule has 1 aromatic carbocycles. The second-order valence-corrected chi connectivity index (χ2v) is 6.93. The van der Waals surface area contributed by atoms with E-state index in [1.54, 1.807) is 32.0 Å². The summed E-state index contributed by atoms with van der Waals surface area (Å²) < 4.78 is 13.5. The van der Waals surface area contributed by atoms with E-state index in [0.29, 0.717) is 12.0 Å². The van der Waals surface area contributed by atoms with Crippen LogP contribution in [-0.4, -0.2) is 23.9 Å². The molecule has 1 aromatic rings. The van der Waals surface area contributed by atoms with Crippen LogP contribution in [0.3, 0.4) is 0 Å². The Morgan fingerprint density at radius 3 is 2.18 bits per heavy atom. The molecule has 4 nitrogen and oxygen atoms in total. The van der Waals surface area contributed by atoms with Gasteiger partial charge < -0.3 is 10.6 Å². The van der Waals surface area contributed by atoms with Crippen LogP contribution in [0.15, 0.2) is 24.3 Å². The van der Waals surface area contributed by atoms with Gasteiger partial charge in [0.2, 0.25) is 11.8 Å². The van der Waals surface area contributed by atoms with Gasteiger partial charge in [-0.05, 0) is 52.7 Å². The van der Waals surface area contributed by atoms with E-state index in [-0.39, 0.29) is 24.2 Å². The Hall–Kier alpha value is -1.91. The fourth-order valence-electron chi connectivity index (χ4n) is 1.83. The molecule has 0 spiro atoms. The lowest BCUT2D eigenvalue weighted by molar-refractivity contribution is -0.142. The molecule has 5 heteroatoms. The van der Waals surface area contributed by atoms with Crippen molar-refractivity contribution in [3.05, 3.63) is 35.6 Å². The topological polar surface area (TPSA) is 58.2 Å². The Bertz CT molecular complexity index is 548. The van der Waals surface area contributed by atoms with Crippen molar-refractivity contribution in [1.29, 1.82) is 0 Å². The first-order valence-corrected chi connectivity index (χ1v) is 7.38. The SMILES string of the molecule is CC(C)(C)NC(=O)C(C)(C)C(=O)NCCc1ccccc1F. The van der Waals surface area contributed by atoms with Crippen LogP contribution in [0.4, 0.5) is 4.39 Å². The molecule has 0 heterocycles. The molecular formula is C17H25FN2O2. The highest BCUT2D eigenvalue weighted by Crippen LogP contribution is 2.17. The zero-order valence-electron chi connectivity index (χ0n) is 13.9. The van der Waals surface area contributed by atoms with Crippen LogP contribution in [0.1, 0.15) is 40.2 Å².